The van der Waals surface area contributed by atoms with Gasteiger partial charge in [0, 0.05) is 6.61 Å². The topological polar surface area (TPSA) is 79.2 Å². The molecule has 0 bridgehead atoms. The average Bonchev–Trinajstić information content (AvgIpc) is 2.32. The van der Waals surface area contributed by atoms with E-state index in [9.17, 15) is 15.3 Å². The molecule has 1 aliphatic rings. The molecule has 0 amide bonds. The number of unbranched alkanes of at least 4 members (excludes halogenated alkanes) is 2. The van der Waals surface area contributed by atoms with Gasteiger partial charge in [0.2, 0.25) is 0 Å². The molecular formula is C11H22O5S. The van der Waals surface area contributed by atoms with Crippen LogP contribution in [0.1, 0.15) is 26.2 Å². The predicted octanol–water partition coefficient (Wildman–Crippen LogP) is -0.0694. The number of rotatable bonds is 6. The summed E-state index contributed by atoms with van der Waals surface area (Å²) in [5, 5.41) is 28.7. The Balaban J connectivity index is 2.28. The average molecular weight is 266 g/mol. The first-order chi connectivity index (χ1) is 8.07. The van der Waals surface area contributed by atoms with Crippen LogP contribution in [0.25, 0.3) is 0 Å². The van der Waals surface area contributed by atoms with Crippen molar-refractivity contribution in [3.05, 3.63) is 0 Å². The normalized spacial score (nSPS) is 38.3. The van der Waals surface area contributed by atoms with E-state index in [4.69, 9.17) is 9.47 Å². The van der Waals surface area contributed by atoms with Gasteiger partial charge in [-0.2, -0.15) is 12.6 Å². The zero-order chi connectivity index (χ0) is 12.8. The van der Waals surface area contributed by atoms with Crippen LogP contribution in [0.15, 0.2) is 0 Å². The summed E-state index contributed by atoms with van der Waals surface area (Å²) in [6, 6.07) is 0. The number of hydrogen-bond donors (Lipinski definition) is 4. The van der Waals surface area contributed by atoms with Crippen molar-refractivity contribution in [1.82, 2.24) is 0 Å². The molecule has 0 saturated carbocycles. The number of aliphatic hydroxyl groups is 3. The fourth-order valence-corrected chi connectivity index (χ4v) is 1.96. The summed E-state index contributed by atoms with van der Waals surface area (Å²) in [6.07, 6.45) is -2.01. The molecule has 0 aromatic rings. The first-order valence-corrected chi connectivity index (χ1v) is 6.63. The van der Waals surface area contributed by atoms with E-state index >= 15 is 0 Å². The maximum Gasteiger partial charge on any atom is 0.186 e. The third-order valence-electron chi connectivity index (χ3n) is 2.89. The second-order valence-corrected chi connectivity index (χ2v) is 4.78. The van der Waals surface area contributed by atoms with E-state index in [-0.39, 0.29) is 0 Å². The summed E-state index contributed by atoms with van der Waals surface area (Å²) >= 11 is 4.11. The summed E-state index contributed by atoms with van der Waals surface area (Å²) in [7, 11) is 0. The molecular weight excluding hydrogens is 244 g/mol. The van der Waals surface area contributed by atoms with Crippen molar-refractivity contribution in [2.45, 2.75) is 56.9 Å². The van der Waals surface area contributed by atoms with Crippen molar-refractivity contribution in [2.24, 2.45) is 0 Å². The van der Waals surface area contributed by atoms with Crippen molar-refractivity contribution >= 4 is 12.6 Å². The standard InChI is InChI=1S/C11H22O5S/c1-7-8(12)9(13)10(14)11(16-7)15-5-3-2-4-6-17/h7-14,17H,2-6H2,1H3/t7?,8-,9?,10?,11+/m1/s1. The molecule has 0 aromatic carbocycles. The van der Waals surface area contributed by atoms with Crippen molar-refractivity contribution in [3.8, 4) is 0 Å². The van der Waals surface area contributed by atoms with Crippen LogP contribution in [-0.2, 0) is 9.47 Å². The molecule has 0 aromatic heterocycles. The highest BCUT2D eigenvalue weighted by atomic mass is 32.1. The van der Waals surface area contributed by atoms with Gasteiger partial charge < -0.3 is 24.8 Å². The lowest BCUT2D eigenvalue weighted by Gasteiger charge is -2.38. The predicted molar refractivity (Wildman–Crippen MR) is 66.0 cm³/mol. The van der Waals surface area contributed by atoms with Gasteiger partial charge in [-0.05, 0) is 25.5 Å². The molecule has 1 aliphatic heterocycles. The first kappa shape index (κ1) is 15.2. The van der Waals surface area contributed by atoms with E-state index in [1.165, 1.54) is 0 Å². The molecule has 0 aliphatic carbocycles. The summed E-state index contributed by atoms with van der Waals surface area (Å²) in [6.45, 7) is 2.10. The van der Waals surface area contributed by atoms with Crippen LogP contribution in [0, 0.1) is 0 Å². The summed E-state index contributed by atoms with van der Waals surface area (Å²) in [5.74, 6) is 0.852. The molecule has 1 rings (SSSR count). The molecule has 3 unspecified atom stereocenters. The number of hydrogen-bond acceptors (Lipinski definition) is 6. The number of thiol groups is 1. The summed E-state index contributed by atoms with van der Waals surface area (Å²) in [4.78, 5) is 0. The van der Waals surface area contributed by atoms with Gasteiger partial charge in [-0.3, -0.25) is 0 Å². The van der Waals surface area contributed by atoms with Crippen molar-refractivity contribution in [3.63, 3.8) is 0 Å². The van der Waals surface area contributed by atoms with E-state index in [1.54, 1.807) is 6.92 Å². The largest absolute Gasteiger partial charge is 0.388 e. The second-order valence-electron chi connectivity index (χ2n) is 4.34. The Kier molecular flexibility index (Phi) is 6.76. The molecule has 1 fully saturated rings. The summed E-state index contributed by atoms with van der Waals surface area (Å²) < 4.78 is 10.7. The lowest BCUT2D eigenvalue weighted by Crippen LogP contribution is -2.57. The highest BCUT2D eigenvalue weighted by Crippen LogP contribution is 2.21. The zero-order valence-electron chi connectivity index (χ0n) is 10.0. The van der Waals surface area contributed by atoms with Crippen LogP contribution >= 0.6 is 12.6 Å². The van der Waals surface area contributed by atoms with E-state index in [0.29, 0.717) is 6.61 Å². The smallest absolute Gasteiger partial charge is 0.186 e. The van der Waals surface area contributed by atoms with E-state index < -0.39 is 30.7 Å². The number of aliphatic hydroxyl groups excluding tert-OH is 3. The molecule has 1 saturated heterocycles. The minimum Gasteiger partial charge on any atom is -0.388 e. The lowest BCUT2D eigenvalue weighted by molar-refractivity contribution is -0.293. The Morgan fingerprint density at radius 3 is 2.41 bits per heavy atom. The van der Waals surface area contributed by atoms with E-state index in [2.05, 4.69) is 12.6 Å². The molecule has 0 spiro atoms. The minimum atomic E-state index is -1.22. The van der Waals surface area contributed by atoms with Gasteiger partial charge in [0.25, 0.3) is 0 Å². The Morgan fingerprint density at radius 2 is 1.76 bits per heavy atom. The maximum absolute atomic E-state index is 9.66. The third kappa shape index (κ3) is 4.39. The van der Waals surface area contributed by atoms with Crippen LogP contribution in [0.5, 0.6) is 0 Å². The monoisotopic (exact) mass is 266 g/mol. The Morgan fingerprint density at radius 1 is 1.06 bits per heavy atom. The van der Waals surface area contributed by atoms with Crippen LogP contribution < -0.4 is 0 Å². The lowest BCUT2D eigenvalue weighted by atomic mass is 10.0. The Labute approximate surface area is 107 Å². The number of ether oxygens (including phenoxy) is 2. The van der Waals surface area contributed by atoms with Crippen molar-refractivity contribution in [2.75, 3.05) is 12.4 Å². The van der Waals surface area contributed by atoms with Crippen molar-refractivity contribution < 1.29 is 24.8 Å². The van der Waals surface area contributed by atoms with Crippen molar-refractivity contribution in [1.29, 1.82) is 0 Å². The van der Waals surface area contributed by atoms with Gasteiger partial charge in [-0.25, -0.2) is 0 Å². The molecule has 5 nitrogen and oxygen atoms in total. The highest BCUT2D eigenvalue weighted by molar-refractivity contribution is 7.80. The molecule has 6 heteroatoms. The zero-order valence-corrected chi connectivity index (χ0v) is 10.9. The fourth-order valence-electron chi connectivity index (χ4n) is 1.74. The van der Waals surface area contributed by atoms with Gasteiger partial charge in [-0.15, -0.1) is 0 Å². The van der Waals surface area contributed by atoms with Crippen LogP contribution in [-0.4, -0.2) is 58.4 Å². The molecule has 1 heterocycles. The molecule has 5 atom stereocenters. The van der Waals surface area contributed by atoms with Crippen LogP contribution in [0.4, 0.5) is 0 Å². The molecule has 3 N–H and O–H groups in total. The molecule has 102 valence electrons. The second kappa shape index (κ2) is 7.56. The highest BCUT2D eigenvalue weighted by Gasteiger charge is 2.42. The van der Waals surface area contributed by atoms with Gasteiger partial charge in [0.15, 0.2) is 6.29 Å². The molecule has 0 radical (unpaired) electrons. The van der Waals surface area contributed by atoms with Crippen LogP contribution in [0.2, 0.25) is 0 Å². The minimum absolute atomic E-state index is 0.463. The quantitative estimate of drug-likeness (QED) is 0.400. The Bertz CT molecular complexity index is 216. The summed E-state index contributed by atoms with van der Waals surface area (Å²) in [5.41, 5.74) is 0. The van der Waals surface area contributed by atoms with Gasteiger partial charge in [0.1, 0.15) is 18.3 Å². The van der Waals surface area contributed by atoms with Gasteiger partial charge >= 0.3 is 0 Å². The Hall–Kier alpha value is 0.150. The fraction of sp³-hybridized carbons (Fsp3) is 1.00. The third-order valence-corrected chi connectivity index (χ3v) is 3.21. The van der Waals surface area contributed by atoms with Gasteiger partial charge in [0.05, 0.1) is 6.10 Å². The first-order valence-electron chi connectivity index (χ1n) is 6.00. The van der Waals surface area contributed by atoms with Gasteiger partial charge in [-0.1, -0.05) is 6.42 Å². The van der Waals surface area contributed by atoms with E-state index in [0.717, 1.165) is 25.0 Å². The van der Waals surface area contributed by atoms with E-state index in [1.807, 2.05) is 0 Å². The SMILES string of the molecule is CC1O[C@H](OCCCCCS)C(O)C(O)[C@@H]1O. The molecule has 17 heavy (non-hydrogen) atoms. The maximum atomic E-state index is 9.66. The van der Waals surface area contributed by atoms with Crippen LogP contribution in [0.3, 0.4) is 0 Å².